The van der Waals surface area contributed by atoms with Gasteiger partial charge in [-0.15, -0.1) is 0 Å². The first-order chi connectivity index (χ1) is 14.9. The maximum absolute atomic E-state index is 12.7. The fourth-order valence-corrected chi connectivity index (χ4v) is 4.11. The molecule has 0 radical (unpaired) electrons. The molecule has 4 rings (SSSR count). The van der Waals surface area contributed by atoms with Gasteiger partial charge in [-0.25, -0.2) is 0 Å². The average molecular weight is 419 g/mol. The molecule has 0 saturated carbocycles. The third-order valence-corrected chi connectivity index (χ3v) is 6.10. The van der Waals surface area contributed by atoms with E-state index in [1.807, 2.05) is 42.5 Å². The molecule has 5 heteroatoms. The predicted octanol–water partition coefficient (Wildman–Crippen LogP) is 5.30. The molecule has 5 nitrogen and oxygen atoms in total. The predicted molar refractivity (Wildman–Crippen MR) is 121 cm³/mol. The first-order valence-electron chi connectivity index (χ1n) is 11.0. The number of amides is 1. The van der Waals surface area contributed by atoms with Crippen molar-refractivity contribution < 1.29 is 14.1 Å². The van der Waals surface area contributed by atoms with Gasteiger partial charge >= 0.3 is 0 Å². The monoisotopic (exact) mass is 418 g/mol. The zero-order valence-corrected chi connectivity index (χ0v) is 18.5. The second-order valence-electron chi connectivity index (χ2n) is 9.23. The second-order valence-corrected chi connectivity index (χ2v) is 9.23. The molecule has 1 aliphatic carbocycles. The summed E-state index contributed by atoms with van der Waals surface area (Å²) in [6, 6.07) is 18.2. The van der Waals surface area contributed by atoms with Gasteiger partial charge in [-0.1, -0.05) is 68.4 Å². The molecule has 1 aromatic heterocycles. The van der Waals surface area contributed by atoms with Gasteiger partial charge in [0.05, 0.1) is 6.54 Å². The Bertz CT molecular complexity index is 1020. The minimum Gasteiger partial charge on any atom is -0.492 e. The van der Waals surface area contributed by atoms with Crippen LogP contribution in [0.15, 0.2) is 59.1 Å². The quantitative estimate of drug-likeness (QED) is 0.552. The highest BCUT2D eigenvalue weighted by Gasteiger charge is 2.34. The summed E-state index contributed by atoms with van der Waals surface area (Å²) in [7, 11) is 0. The molecule has 0 bridgehead atoms. The van der Waals surface area contributed by atoms with E-state index >= 15 is 0 Å². The first kappa shape index (κ1) is 21.2. The van der Waals surface area contributed by atoms with E-state index in [9.17, 15) is 4.79 Å². The number of carbonyl (C=O) groups excluding carboxylic acids is 1. The molecule has 1 N–H and O–H groups in total. The molecule has 31 heavy (non-hydrogen) atoms. The van der Waals surface area contributed by atoms with Crippen LogP contribution >= 0.6 is 0 Å². The van der Waals surface area contributed by atoms with Crippen molar-refractivity contribution in [1.29, 1.82) is 0 Å². The highest BCUT2D eigenvalue weighted by molar-refractivity contribution is 5.93. The molecule has 1 heterocycles. The van der Waals surface area contributed by atoms with Crippen molar-refractivity contribution in [1.82, 2.24) is 10.5 Å². The first-order valence-corrected chi connectivity index (χ1v) is 11.0. The largest absolute Gasteiger partial charge is 0.492 e. The smallest absolute Gasteiger partial charge is 0.273 e. The van der Waals surface area contributed by atoms with Crippen LogP contribution in [0.4, 0.5) is 0 Å². The number of rotatable bonds is 6. The normalized spacial score (nSPS) is 15.9. The number of benzene rings is 2. The van der Waals surface area contributed by atoms with Crippen molar-refractivity contribution in [3.8, 4) is 16.9 Å². The second kappa shape index (κ2) is 8.96. The third kappa shape index (κ3) is 4.98. The van der Waals surface area contributed by atoms with E-state index in [1.54, 1.807) is 0 Å². The summed E-state index contributed by atoms with van der Waals surface area (Å²) in [4.78, 5) is 12.7. The number of carbonyl (C=O) groups is 1. The van der Waals surface area contributed by atoms with Crippen LogP contribution in [0.25, 0.3) is 11.1 Å². The van der Waals surface area contributed by atoms with Gasteiger partial charge in [0.1, 0.15) is 18.1 Å². The van der Waals surface area contributed by atoms with Crippen molar-refractivity contribution in [3.63, 3.8) is 0 Å². The zero-order chi connectivity index (χ0) is 21.8. The minimum absolute atomic E-state index is 0.192. The Labute approximate surface area is 183 Å². The van der Waals surface area contributed by atoms with Gasteiger partial charge in [0.25, 0.3) is 5.91 Å². The standard InChI is InChI=1S/C26H30N2O3/c1-26(2,3)20-11-14-23-22(17-20)24(28-31-23)25(29)27-15-16-30-21-12-9-19(10-13-21)18-7-5-4-6-8-18/h4-10,12-13,20H,11,14-17H2,1-3H3,(H,27,29). The van der Waals surface area contributed by atoms with Crippen molar-refractivity contribution in [2.75, 3.05) is 13.2 Å². The minimum atomic E-state index is -0.192. The Morgan fingerprint density at radius 2 is 1.81 bits per heavy atom. The van der Waals surface area contributed by atoms with Crippen molar-refractivity contribution in [3.05, 3.63) is 71.6 Å². The highest BCUT2D eigenvalue weighted by atomic mass is 16.5. The average Bonchev–Trinajstić information content (AvgIpc) is 3.20. The Morgan fingerprint density at radius 1 is 1.10 bits per heavy atom. The summed E-state index contributed by atoms with van der Waals surface area (Å²) in [5.74, 6) is 1.97. The van der Waals surface area contributed by atoms with Crippen molar-refractivity contribution in [2.24, 2.45) is 11.3 Å². The molecule has 0 fully saturated rings. The van der Waals surface area contributed by atoms with E-state index in [1.165, 1.54) is 5.56 Å². The van der Waals surface area contributed by atoms with Crippen molar-refractivity contribution >= 4 is 5.91 Å². The lowest BCUT2D eigenvalue weighted by Gasteiger charge is -2.33. The van der Waals surface area contributed by atoms with E-state index in [0.29, 0.717) is 24.8 Å². The van der Waals surface area contributed by atoms with Crippen LogP contribution in [-0.4, -0.2) is 24.2 Å². The lowest BCUT2D eigenvalue weighted by atomic mass is 9.71. The molecule has 1 aliphatic rings. The summed E-state index contributed by atoms with van der Waals surface area (Å²) in [5.41, 5.74) is 3.92. The van der Waals surface area contributed by atoms with E-state index in [0.717, 1.165) is 41.9 Å². The molecule has 0 spiro atoms. The molecular weight excluding hydrogens is 388 g/mol. The number of aromatic nitrogens is 1. The number of fused-ring (bicyclic) bond motifs is 1. The molecular formula is C26H30N2O3. The van der Waals surface area contributed by atoms with E-state index in [2.05, 4.69) is 43.4 Å². The molecule has 0 aliphatic heterocycles. The highest BCUT2D eigenvalue weighted by Crippen LogP contribution is 2.38. The molecule has 1 unspecified atom stereocenters. The summed E-state index contributed by atoms with van der Waals surface area (Å²) in [6.45, 7) is 7.55. The maximum Gasteiger partial charge on any atom is 0.273 e. The third-order valence-electron chi connectivity index (χ3n) is 6.10. The summed E-state index contributed by atoms with van der Waals surface area (Å²) >= 11 is 0. The van der Waals surface area contributed by atoms with Crippen LogP contribution in [-0.2, 0) is 12.8 Å². The van der Waals surface area contributed by atoms with E-state index in [4.69, 9.17) is 9.26 Å². The van der Waals surface area contributed by atoms with Crippen molar-refractivity contribution in [2.45, 2.75) is 40.0 Å². The lowest BCUT2D eigenvalue weighted by molar-refractivity contribution is 0.0936. The van der Waals surface area contributed by atoms with Crippen LogP contribution in [0.2, 0.25) is 0 Å². The molecule has 1 amide bonds. The number of aryl methyl sites for hydroxylation is 1. The molecule has 3 aromatic rings. The molecule has 1 atom stereocenters. The number of hydrogen-bond acceptors (Lipinski definition) is 4. The number of nitrogens with zero attached hydrogens (tertiary/aromatic N) is 1. The maximum atomic E-state index is 12.7. The zero-order valence-electron chi connectivity index (χ0n) is 18.5. The molecule has 2 aromatic carbocycles. The Morgan fingerprint density at radius 3 is 2.52 bits per heavy atom. The van der Waals surface area contributed by atoms with Gasteiger partial charge in [0.2, 0.25) is 0 Å². The number of ether oxygens (including phenoxy) is 1. The van der Waals surface area contributed by atoms with Gasteiger partial charge in [-0.05, 0) is 47.4 Å². The van der Waals surface area contributed by atoms with Gasteiger partial charge < -0.3 is 14.6 Å². The number of nitrogens with one attached hydrogen (secondary N) is 1. The topological polar surface area (TPSA) is 64.4 Å². The molecule has 0 saturated heterocycles. The van der Waals surface area contributed by atoms with E-state index in [-0.39, 0.29) is 11.3 Å². The van der Waals surface area contributed by atoms with Crippen LogP contribution < -0.4 is 10.1 Å². The van der Waals surface area contributed by atoms with Gasteiger partial charge in [0, 0.05) is 12.0 Å². The summed E-state index contributed by atoms with van der Waals surface area (Å²) in [6.07, 6.45) is 2.76. The van der Waals surface area contributed by atoms with Gasteiger partial charge in [-0.2, -0.15) is 0 Å². The van der Waals surface area contributed by atoms with Gasteiger partial charge in [0.15, 0.2) is 5.69 Å². The van der Waals surface area contributed by atoms with Gasteiger partial charge in [-0.3, -0.25) is 4.79 Å². The van der Waals surface area contributed by atoms with Crippen LogP contribution in [0, 0.1) is 11.3 Å². The molecule has 162 valence electrons. The number of hydrogen-bond donors (Lipinski definition) is 1. The fraction of sp³-hybridized carbons (Fsp3) is 0.385. The SMILES string of the molecule is CC(C)(C)C1CCc2onc(C(=O)NCCOc3ccc(-c4ccccc4)cc3)c2C1. The lowest BCUT2D eigenvalue weighted by Crippen LogP contribution is -2.31. The van der Waals surface area contributed by atoms with Crippen LogP contribution in [0.3, 0.4) is 0 Å². The van der Waals surface area contributed by atoms with Crippen LogP contribution in [0.1, 0.15) is 49.0 Å². The Hall–Kier alpha value is -3.08. The summed E-state index contributed by atoms with van der Waals surface area (Å²) < 4.78 is 11.2. The fourth-order valence-electron chi connectivity index (χ4n) is 4.11. The van der Waals surface area contributed by atoms with E-state index < -0.39 is 0 Å². The van der Waals surface area contributed by atoms with Crippen LogP contribution in [0.5, 0.6) is 5.75 Å². The Kier molecular flexibility index (Phi) is 6.12. The summed E-state index contributed by atoms with van der Waals surface area (Å²) in [5, 5.41) is 6.97. The Balaban J connectivity index is 1.28.